The fraction of sp³-hybridized carbons (Fsp3) is 0.450. The molecule has 1 N–H and O–H groups in total. The largest absolute Gasteiger partial charge is 0.497 e. The van der Waals surface area contributed by atoms with Crippen LogP contribution in [0.2, 0.25) is 0 Å². The highest BCUT2D eigenvalue weighted by molar-refractivity contribution is 5.85. The molecule has 1 saturated heterocycles. The topological polar surface area (TPSA) is 46.6 Å². The predicted molar refractivity (Wildman–Crippen MR) is 104 cm³/mol. The second-order valence-electron chi connectivity index (χ2n) is 6.88. The number of hydrogen-bond acceptors (Lipinski definition) is 5. The van der Waals surface area contributed by atoms with Crippen LogP contribution >= 0.6 is 12.4 Å². The average Bonchev–Trinajstić information content (AvgIpc) is 3.03. The number of piperazine rings is 1. The van der Waals surface area contributed by atoms with E-state index in [0.29, 0.717) is 6.04 Å². The molecule has 0 bridgehead atoms. The zero-order chi connectivity index (χ0) is 17.2. The maximum atomic E-state index is 6.11. The van der Waals surface area contributed by atoms with Gasteiger partial charge in [0.2, 0.25) is 0 Å². The molecule has 2 aromatic rings. The van der Waals surface area contributed by atoms with E-state index in [4.69, 9.17) is 9.47 Å². The lowest BCUT2D eigenvalue weighted by Crippen LogP contribution is -2.45. The lowest BCUT2D eigenvalue weighted by molar-refractivity contribution is 0.150. The Balaban J connectivity index is 0.00000196. The first-order chi connectivity index (χ1) is 12.2. The molecular weight excluding hydrogens is 350 g/mol. The van der Waals surface area contributed by atoms with Gasteiger partial charge in [0.05, 0.1) is 7.11 Å². The normalized spacial score (nSPS) is 22.2. The predicted octanol–water partition coefficient (Wildman–Crippen LogP) is 2.98. The highest BCUT2D eigenvalue weighted by Gasteiger charge is 2.28. The van der Waals surface area contributed by atoms with E-state index in [0.717, 1.165) is 44.1 Å². The van der Waals surface area contributed by atoms with Gasteiger partial charge in [-0.3, -0.25) is 9.88 Å². The molecule has 26 heavy (non-hydrogen) atoms. The SMILES string of the molecule is COc1cc2c(c(CN3CCNCC3c3ccncc3)c1)OC(C)C2.Cl. The minimum Gasteiger partial charge on any atom is -0.497 e. The number of ether oxygens (including phenoxy) is 2. The molecule has 3 heterocycles. The number of fused-ring (bicyclic) bond motifs is 1. The Hall–Kier alpha value is -1.82. The molecule has 1 aromatic heterocycles. The third-order valence-electron chi connectivity index (χ3n) is 5.10. The van der Waals surface area contributed by atoms with Crippen molar-refractivity contribution in [3.05, 3.63) is 53.3 Å². The van der Waals surface area contributed by atoms with Crippen LogP contribution in [0.1, 0.15) is 29.7 Å². The molecule has 2 aliphatic rings. The van der Waals surface area contributed by atoms with E-state index in [9.17, 15) is 0 Å². The maximum absolute atomic E-state index is 6.11. The van der Waals surface area contributed by atoms with Crippen LogP contribution in [-0.4, -0.2) is 42.7 Å². The van der Waals surface area contributed by atoms with E-state index in [1.807, 2.05) is 12.4 Å². The van der Waals surface area contributed by atoms with Gasteiger partial charge in [0.1, 0.15) is 17.6 Å². The quantitative estimate of drug-likeness (QED) is 0.890. The Bertz CT molecular complexity index is 741. The van der Waals surface area contributed by atoms with E-state index in [1.165, 1.54) is 16.7 Å². The Morgan fingerprint density at radius 3 is 2.88 bits per heavy atom. The number of nitrogens with zero attached hydrogens (tertiary/aromatic N) is 2. The molecule has 6 heteroatoms. The van der Waals surface area contributed by atoms with E-state index < -0.39 is 0 Å². The van der Waals surface area contributed by atoms with Gasteiger partial charge in [0.15, 0.2) is 0 Å². The third kappa shape index (κ3) is 3.80. The number of hydrogen-bond donors (Lipinski definition) is 1. The van der Waals surface area contributed by atoms with Crippen molar-refractivity contribution >= 4 is 12.4 Å². The van der Waals surface area contributed by atoms with E-state index in [1.54, 1.807) is 7.11 Å². The first-order valence-corrected chi connectivity index (χ1v) is 8.95. The minimum absolute atomic E-state index is 0. The smallest absolute Gasteiger partial charge is 0.127 e. The van der Waals surface area contributed by atoms with Gasteiger partial charge in [0.25, 0.3) is 0 Å². The zero-order valence-corrected chi connectivity index (χ0v) is 16.1. The summed E-state index contributed by atoms with van der Waals surface area (Å²) in [6.45, 7) is 5.95. The van der Waals surface area contributed by atoms with E-state index in [2.05, 4.69) is 46.4 Å². The lowest BCUT2D eigenvalue weighted by atomic mass is 10.0. The van der Waals surface area contributed by atoms with Crippen molar-refractivity contribution in [2.45, 2.75) is 32.0 Å². The Labute approximate surface area is 161 Å². The third-order valence-corrected chi connectivity index (χ3v) is 5.10. The summed E-state index contributed by atoms with van der Waals surface area (Å²) in [5, 5.41) is 3.51. The van der Waals surface area contributed by atoms with Crippen LogP contribution in [-0.2, 0) is 13.0 Å². The Kier molecular flexibility index (Phi) is 6.01. The molecule has 2 aliphatic heterocycles. The van der Waals surface area contributed by atoms with Crippen molar-refractivity contribution in [3.63, 3.8) is 0 Å². The molecule has 4 rings (SSSR count). The highest BCUT2D eigenvalue weighted by Crippen LogP contribution is 2.38. The average molecular weight is 376 g/mol. The number of halogens is 1. The van der Waals surface area contributed by atoms with Gasteiger partial charge in [-0.05, 0) is 36.8 Å². The van der Waals surface area contributed by atoms with Crippen LogP contribution < -0.4 is 14.8 Å². The maximum Gasteiger partial charge on any atom is 0.127 e. The summed E-state index contributed by atoms with van der Waals surface area (Å²) >= 11 is 0. The highest BCUT2D eigenvalue weighted by atomic mass is 35.5. The molecule has 0 aliphatic carbocycles. The van der Waals surface area contributed by atoms with Gasteiger partial charge in [-0.2, -0.15) is 0 Å². The second kappa shape index (κ2) is 8.25. The van der Waals surface area contributed by atoms with Crippen LogP contribution in [0.5, 0.6) is 11.5 Å². The summed E-state index contributed by atoms with van der Waals surface area (Å²) < 4.78 is 11.6. The van der Waals surface area contributed by atoms with Crippen molar-refractivity contribution in [1.82, 2.24) is 15.2 Å². The summed E-state index contributed by atoms with van der Waals surface area (Å²) in [6.07, 6.45) is 4.93. The lowest BCUT2D eigenvalue weighted by Gasteiger charge is -2.36. The van der Waals surface area contributed by atoms with Gasteiger partial charge in [0, 0.05) is 62.2 Å². The fourth-order valence-electron chi connectivity index (χ4n) is 3.88. The van der Waals surface area contributed by atoms with Gasteiger partial charge in [-0.15, -0.1) is 12.4 Å². The monoisotopic (exact) mass is 375 g/mol. The van der Waals surface area contributed by atoms with Gasteiger partial charge in [-0.25, -0.2) is 0 Å². The molecule has 2 atom stereocenters. The zero-order valence-electron chi connectivity index (χ0n) is 15.3. The fourth-order valence-corrected chi connectivity index (χ4v) is 3.88. The molecule has 1 aromatic carbocycles. The summed E-state index contributed by atoms with van der Waals surface area (Å²) in [6, 6.07) is 8.80. The van der Waals surface area contributed by atoms with Crippen molar-refractivity contribution in [2.24, 2.45) is 0 Å². The summed E-state index contributed by atoms with van der Waals surface area (Å²) in [4.78, 5) is 6.67. The van der Waals surface area contributed by atoms with Crippen molar-refractivity contribution in [1.29, 1.82) is 0 Å². The number of methoxy groups -OCH3 is 1. The van der Waals surface area contributed by atoms with Crippen molar-refractivity contribution in [2.75, 3.05) is 26.7 Å². The molecule has 2 unspecified atom stereocenters. The van der Waals surface area contributed by atoms with Crippen LogP contribution in [0.3, 0.4) is 0 Å². The standard InChI is InChI=1S/C20H25N3O2.ClH/c1-14-9-16-10-18(24-2)11-17(20(16)25-14)13-23-8-7-22-12-19(23)15-3-5-21-6-4-15;/h3-6,10-11,14,19,22H,7-9,12-13H2,1-2H3;1H. The Morgan fingerprint density at radius 1 is 1.31 bits per heavy atom. The van der Waals surface area contributed by atoms with Crippen molar-refractivity contribution < 1.29 is 9.47 Å². The first-order valence-electron chi connectivity index (χ1n) is 8.95. The Morgan fingerprint density at radius 2 is 2.12 bits per heavy atom. The number of rotatable bonds is 4. The van der Waals surface area contributed by atoms with Crippen LogP contribution in [0.15, 0.2) is 36.7 Å². The van der Waals surface area contributed by atoms with Crippen molar-refractivity contribution in [3.8, 4) is 11.5 Å². The molecule has 0 amide bonds. The van der Waals surface area contributed by atoms with Gasteiger partial charge >= 0.3 is 0 Å². The molecule has 0 saturated carbocycles. The first kappa shape index (κ1) is 19.0. The minimum atomic E-state index is 0. The van der Waals surface area contributed by atoms with Gasteiger partial charge < -0.3 is 14.8 Å². The molecular formula is C20H26ClN3O2. The molecule has 5 nitrogen and oxygen atoms in total. The van der Waals surface area contributed by atoms with Crippen LogP contribution in [0, 0.1) is 0 Å². The molecule has 1 fully saturated rings. The summed E-state index contributed by atoms with van der Waals surface area (Å²) in [5.74, 6) is 1.97. The van der Waals surface area contributed by atoms with Crippen LogP contribution in [0.4, 0.5) is 0 Å². The number of benzene rings is 1. The van der Waals surface area contributed by atoms with Crippen LogP contribution in [0.25, 0.3) is 0 Å². The number of pyridine rings is 1. The number of aromatic nitrogens is 1. The summed E-state index contributed by atoms with van der Waals surface area (Å²) in [7, 11) is 1.73. The molecule has 140 valence electrons. The number of nitrogens with one attached hydrogen (secondary N) is 1. The van der Waals surface area contributed by atoms with E-state index in [-0.39, 0.29) is 18.5 Å². The molecule has 0 radical (unpaired) electrons. The second-order valence-corrected chi connectivity index (χ2v) is 6.88. The molecule has 0 spiro atoms. The van der Waals surface area contributed by atoms with Gasteiger partial charge in [-0.1, -0.05) is 0 Å². The van der Waals surface area contributed by atoms with E-state index >= 15 is 0 Å². The summed E-state index contributed by atoms with van der Waals surface area (Å²) in [5.41, 5.74) is 3.79.